The van der Waals surface area contributed by atoms with Crippen LogP contribution in [0.25, 0.3) is 33.5 Å². The van der Waals surface area contributed by atoms with E-state index in [1.807, 2.05) is 24.3 Å². The molecule has 59 heavy (non-hydrogen) atoms. The van der Waals surface area contributed by atoms with E-state index in [1.165, 1.54) is 33.4 Å². The quantitative estimate of drug-likeness (QED) is 0.106. The maximum absolute atomic E-state index is 5.39. The third-order valence-electron chi connectivity index (χ3n) is 11.5. The first kappa shape index (κ1) is 39.2. The zero-order valence-electron chi connectivity index (χ0n) is 35.1. The van der Waals surface area contributed by atoms with Gasteiger partial charge in [0.05, 0.1) is 22.5 Å². The van der Waals surface area contributed by atoms with E-state index < -0.39 is 5.41 Å². The highest BCUT2D eigenvalue weighted by Gasteiger charge is 2.46. The van der Waals surface area contributed by atoms with Crippen LogP contribution in [-0.2, 0) is 16.2 Å². The van der Waals surface area contributed by atoms with E-state index in [-0.39, 0.29) is 10.8 Å². The number of fused-ring (bicyclic) bond motifs is 3. The Labute approximate surface area is 351 Å². The summed E-state index contributed by atoms with van der Waals surface area (Å²) in [5.41, 5.74) is 16.7. The van der Waals surface area contributed by atoms with E-state index in [9.17, 15) is 0 Å². The molecule has 6 aromatic carbocycles. The smallest absolute Gasteiger partial charge is 0.0715 e. The standard InChI is InChI=1S/C57H52N2/c1-9-51(42-21-13-10-14-22-42)58-52(37-39(2)40-29-31-41(32-30-40)46-35-36-53(55(3,4)5)59-54(46)56(6,7)8)43-33-34-48-47-27-19-20-28-49(47)57(50(48)38-43,44-23-15-11-16-24-44)45-25-17-12-18-26-45/h9-38H,1-2H2,3-8H3/b52-37-,58-51+. The van der Waals surface area contributed by atoms with Crippen LogP contribution in [0.2, 0.25) is 0 Å². The van der Waals surface area contributed by atoms with Crippen molar-refractivity contribution in [2.45, 2.75) is 57.8 Å². The highest BCUT2D eigenvalue weighted by molar-refractivity contribution is 6.11. The Morgan fingerprint density at radius 2 is 1.08 bits per heavy atom. The molecule has 0 N–H and O–H groups in total. The molecule has 1 aliphatic rings. The number of hydrogen-bond donors (Lipinski definition) is 0. The van der Waals surface area contributed by atoms with Crippen LogP contribution in [0.5, 0.6) is 0 Å². The fourth-order valence-corrected chi connectivity index (χ4v) is 8.54. The molecule has 0 atom stereocenters. The molecule has 2 heteroatoms. The van der Waals surface area contributed by atoms with Crippen LogP contribution in [0, 0.1) is 0 Å². The van der Waals surface area contributed by atoms with Gasteiger partial charge in [0, 0.05) is 33.2 Å². The summed E-state index contributed by atoms with van der Waals surface area (Å²) in [6, 6.07) is 60.9. The van der Waals surface area contributed by atoms with Crippen LogP contribution >= 0.6 is 0 Å². The highest BCUT2D eigenvalue weighted by atomic mass is 14.8. The van der Waals surface area contributed by atoms with Crippen molar-refractivity contribution in [2.75, 3.05) is 0 Å². The van der Waals surface area contributed by atoms with Gasteiger partial charge in [-0.3, -0.25) is 4.98 Å². The average molecular weight is 765 g/mol. The molecule has 0 saturated carbocycles. The normalized spacial score (nSPS) is 13.7. The molecular formula is C57H52N2. The maximum Gasteiger partial charge on any atom is 0.0715 e. The van der Waals surface area contributed by atoms with Gasteiger partial charge in [-0.15, -0.1) is 0 Å². The van der Waals surface area contributed by atoms with E-state index in [1.54, 1.807) is 0 Å². The van der Waals surface area contributed by atoms with Crippen LogP contribution in [0.3, 0.4) is 0 Å². The number of rotatable bonds is 9. The topological polar surface area (TPSA) is 25.2 Å². The molecule has 0 radical (unpaired) electrons. The first-order valence-corrected chi connectivity index (χ1v) is 20.6. The summed E-state index contributed by atoms with van der Waals surface area (Å²) < 4.78 is 0. The molecule has 0 bridgehead atoms. The van der Waals surface area contributed by atoms with E-state index in [2.05, 4.69) is 212 Å². The average Bonchev–Trinajstić information content (AvgIpc) is 3.55. The first-order chi connectivity index (χ1) is 28.4. The number of aliphatic imine (C=N–C) groups is 1. The summed E-state index contributed by atoms with van der Waals surface area (Å²) >= 11 is 0. The van der Waals surface area contributed by atoms with E-state index >= 15 is 0 Å². The molecular weight excluding hydrogens is 713 g/mol. The molecule has 1 aliphatic carbocycles. The second-order valence-electron chi connectivity index (χ2n) is 17.6. The van der Waals surface area contributed by atoms with Gasteiger partial charge in [-0.1, -0.05) is 212 Å². The Balaban J connectivity index is 1.28. The van der Waals surface area contributed by atoms with Crippen molar-refractivity contribution < 1.29 is 0 Å². The predicted molar refractivity (Wildman–Crippen MR) is 251 cm³/mol. The van der Waals surface area contributed by atoms with Gasteiger partial charge >= 0.3 is 0 Å². The Kier molecular flexibility index (Phi) is 10.4. The van der Waals surface area contributed by atoms with Crippen molar-refractivity contribution in [2.24, 2.45) is 4.99 Å². The number of allylic oxidation sites excluding steroid dienone is 3. The number of aromatic nitrogens is 1. The third kappa shape index (κ3) is 7.36. The van der Waals surface area contributed by atoms with Crippen LogP contribution in [0.15, 0.2) is 200 Å². The molecule has 0 unspecified atom stereocenters. The SMILES string of the molecule is C=C/C(=N\C(=C/C(=C)c1ccc(-c2ccc(C(C)(C)C)nc2C(C)(C)C)cc1)c1ccc2c(c1)C(c1ccccc1)(c1ccccc1)c1ccccc1-2)c1ccccc1. The maximum atomic E-state index is 5.39. The number of nitrogens with zero attached hydrogens (tertiary/aromatic N) is 2. The third-order valence-corrected chi connectivity index (χ3v) is 11.5. The van der Waals surface area contributed by atoms with Gasteiger partial charge in [0.1, 0.15) is 0 Å². The van der Waals surface area contributed by atoms with Crippen LogP contribution in [0.1, 0.15) is 91.9 Å². The lowest BCUT2D eigenvalue weighted by molar-refractivity contribution is 0.532. The fourth-order valence-electron chi connectivity index (χ4n) is 8.54. The molecule has 2 nitrogen and oxygen atoms in total. The molecule has 0 amide bonds. The van der Waals surface area contributed by atoms with Gasteiger partial charge in [-0.05, 0) is 74.4 Å². The molecule has 8 rings (SSSR count). The Morgan fingerprint density at radius 1 is 0.542 bits per heavy atom. The van der Waals surface area contributed by atoms with Crippen LogP contribution in [0.4, 0.5) is 0 Å². The Morgan fingerprint density at radius 3 is 1.68 bits per heavy atom. The minimum atomic E-state index is -0.529. The van der Waals surface area contributed by atoms with Crippen molar-refractivity contribution in [1.29, 1.82) is 0 Å². The highest BCUT2D eigenvalue weighted by Crippen LogP contribution is 2.56. The first-order valence-electron chi connectivity index (χ1n) is 20.6. The molecule has 1 aromatic heterocycles. The summed E-state index contributed by atoms with van der Waals surface area (Å²) in [5, 5.41) is 0. The zero-order chi connectivity index (χ0) is 41.4. The van der Waals surface area contributed by atoms with Gasteiger partial charge in [-0.25, -0.2) is 4.99 Å². The van der Waals surface area contributed by atoms with Crippen LogP contribution < -0.4 is 0 Å². The molecule has 1 heterocycles. The molecule has 0 aliphatic heterocycles. The lowest BCUT2D eigenvalue weighted by atomic mass is 9.67. The van der Waals surface area contributed by atoms with E-state index in [0.717, 1.165) is 56.2 Å². The fraction of sp³-hybridized carbons (Fsp3) is 0.158. The van der Waals surface area contributed by atoms with Crippen molar-refractivity contribution in [1.82, 2.24) is 4.98 Å². The predicted octanol–water partition coefficient (Wildman–Crippen LogP) is 14.4. The largest absolute Gasteiger partial charge is 0.256 e. The van der Waals surface area contributed by atoms with Crippen molar-refractivity contribution >= 4 is 17.0 Å². The van der Waals surface area contributed by atoms with Gasteiger partial charge in [0.15, 0.2) is 0 Å². The van der Waals surface area contributed by atoms with E-state index in [0.29, 0.717) is 0 Å². The Bertz CT molecular complexity index is 2680. The van der Waals surface area contributed by atoms with Gasteiger partial charge in [-0.2, -0.15) is 0 Å². The second kappa shape index (κ2) is 15.6. The van der Waals surface area contributed by atoms with Crippen LogP contribution in [-0.4, -0.2) is 10.7 Å². The van der Waals surface area contributed by atoms with Crippen molar-refractivity contribution in [3.05, 3.63) is 246 Å². The van der Waals surface area contributed by atoms with Gasteiger partial charge in [0.2, 0.25) is 0 Å². The summed E-state index contributed by atoms with van der Waals surface area (Å²) in [6.45, 7) is 22.2. The summed E-state index contributed by atoms with van der Waals surface area (Å²) in [5.74, 6) is 0. The van der Waals surface area contributed by atoms with E-state index in [4.69, 9.17) is 9.98 Å². The number of pyridine rings is 1. The zero-order valence-corrected chi connectivity index (χ0v) is 35.1. The number of hydrogen-bond acceptors (Lipinski definition) is 2. The summed E-state index contributed by atoms with van der Waals surface area (Å²) in [7, 11) is 0. The van der Waals surface area contributed by atoms with Crippen molar-refractivity contribution in [3.8, 4) is 22.3 Å². The lowest BCUT2D eigenvalue weighted by Gasteiger charge is -2.34. The minimum absolute atomic E-state index is 0.0357. The minimum Gasteiger partial charge on any atom is -0.256 e. The molecule has 7 aromatic rings. The molecule has 290 valence electrons. The monoisotopic (exact) mass is 764 g/mol. The summed E-state index contributed by atoms with van der Waals surface area (Å²) in [6.07, 6.45) is 3.96. The number of benzene rings is 6. The van der Waals surface area contributed by atoms with Gasteiger partial charge < -0.3 is 0 Å². The molecule has 0 fully saturated rings. The molecule has 0 saturated heterocycles. The Hall–Kier alpha value is -6.64. The second-order valence-corrected chi connectivity index (χ2v) is 17.6. The van der Waals surface area contributed by atoms with Gasteiger partial charge in [0.25, 0.3) is 0 Å². The van der Waals surface area contributed by atoms with Crippen molar-refractivity contribution in [3.63, 3.8) is 0 Å². The summed E-state index contributed by atoms with van der Waals surface area (Å²) in [4.78, 5) is 10.6. The molecule has 0 spiro atoms. The lowest BCUT2D eigenvalue weighted by Crippen LogP contribution is -2.28.